The van der Waals surface area contributed by atoms with E-state index in [4.69, 9.17) is 4.84 Å². The van der Waals surface area contributed by atoms with Gasteiger partial charge < -0.3 is 15.1 Å². The van der Waals surface area contributed by atoms with E-state index >= 15 is 0 Å². The van der Waals surface area contributed by atoms with Crippen LogP contribution in [0.25, 0.3) is 0 Å². The Kier molecular flexibility index (Phi) is 4.73. The zero-order chi connectivity index (χ0) is 15.6. The van der Waals surface area contributed by atoms with Gasteiger partial charge in [0.25, 0.3) is 0 Å². The number of carbonyl (C=O) groups is 1. The van der Waals surface area contributed by atoms with Gasteiger partial charge in [-0.05, 0) is 32.1 Å². The summed E-state index contributed by atoms with van der Waals surface area (Å²) in [4.78, 5) is 17.3. The molecule has 0 bridgehead atoms. The van der Waals surface area contributed by atoms with Crippen LogP contribution in [0.3, 0.4) is 0 Å². The largest absolute Gasteiger partial charge is 0.492 e. The highest BCUT2D eigenvalue weighted by atomic mass is 16.7. The minimum absolute atomic E-state index is 0.0258. The van der Waals surface area contributed by atoms with Crippen molar-refractivity contribution in [1.82, 2.24) is 4.73 Å². The van der Waals surface area contributed by atoms with Gasteiger partial charge in [0.1, 0.15) is 0 Å². The maximum atomic E-state index is 12.3. The summed E-state index contributed by atoms with van der Waals surface area (Å²) in [6, 6.07) is 2.52. The molecule has 1 aromatic rings. The van der Waals surface area contributed by atoms with Crippen LogP contribution in [0.2, 0.25) is 0 Å². The Morgan fingerprint density at radius 2 is 1.70 bits per heavy atom. The molecule has 0 aromatic carbocycles. The second-order valence-corrected chi connectivity index (χ2v) is 6.70. The van der Waals surface area contributed by atoms with Crippen molar-refractivity contribution < 1.29 is 19.8 Å². The van der Waals surface area contributed by atoms with Crippen molar-refractivity contribution >= 4 is 5.97 Å². The number of aromatic nitrogens is 1. The minimum atomic E-state index is -0.707. The molecule has 2 N–H and O–H groups in total. The van der Waals surface area contributed by atoms with Crippen molar-refractivity contribution in [3.8, 4) is 11.8 Å². The van der Waals surface area contributed by atoms with E-state index in [1.807, 2.05) is 13.8 Å². The zero-order valence-electron chi connectivity index (χ0n) is 12.9. The first-order chi connectivity index (χ1) is 9.09. The average molecular weight is 283 g/mol. The van der Waals surface area contributed by atoms with E-state index in [1.54, 1.807) is 0 Å². The third-order valence-electron chi connectivity index (χ3n) is 3.37. The number of hydrogen-bond donors (Lipinski definition) is 2. The molecule has 5 nitrogen and oxygen atoms in total. The van der Waals surface area contributed by atoms with Gasteiger partial charge in [-0.25, -0.2) is 4.79 Å². The summed E-state index contributed by atoms with van der Waals surface area (Å²) in [6.07, 6.45) is 2.73. The van der Waals surface area contributed by atoms with Gasteiger partial charge >= 0.3 is 5.97 Å². The van der Waals surface area contributed by atoms with Gasteiger partial charge in [0.2, 0.25) is 11.8 Å². The van der Waals surface area contributed by atoms with E-state index in [9.17, 15) is 15.0 Å². The van der Waals surface area contributed by atoms with Crippen molar-refractivity contribution in [2.24, 2.45) is 10.8 Å². The summed E-state index contributed by atoms with van der Waals surface area (Å²) < 4.78 is 0.733. The van der Waals surface area contributed by atoms with Crippen molar-refractivity contribution in [3.63, 3.8) is 0 Å². The number of carbonyl (C=O) groups excluding carboxylic acids is 1. The Labute approximate surface area is 120 Å². The topological polar surface area (TPSA) is 71.7 Å². The van der Waals surface area contributed by atoms with Crippen LogP contribution in [0.15, 0.2) is 12.1 Å². The fourth-order valence-corrected chi connectivity index (χ4v) is 2.74. The summed E-state index contributed by atoms with van der Waals surface area (Å²) in [5.41, 5.74) is -0.681. The van der Waals surface area contributed by atoms with Crippen molar-refractivity contribution in [1.29, 1.82) is 0 Å². The zero-order valence-corrected chi connectivity index (χ0v) is 12.9. The quantitative estimate of drug-likeness (QED) is 0.841. The predicted octanol–water partition coefficient (Wildman–Crippen LogP) is 3.10. The Bertz CT molecular complexity index is 455. The molecule has 0 aliphatic carbocycles. The van der Waals surface area contributed by atoms with Crippen LogP contribution < -0.4 is 4.84 Å². The van der Waals surface area contributed by atoms with Crippen LogP contribution in [0.5, 0.6) is 11.8 Å². The average Bonchev–Trinajstić information content (AvgIpc) is 2.59. The fourth-order valence-electron chi connectivity index (χ4n) is 2.74. The third-order valence-corrected chi connectivity index (χ3v) is 3.37. The number of hydrogen-bond acceptors (Lipinski definition) is 4. The molecule has 0 amide bonds. The molecule has 0 atom stereocenters. The molecule has 5 heteroatoms. The van der Waals surface area contributed by atoms with Gasteiger partial charge in [-0.2, -0.15) is 0 Å². The van der Waals surface area contributed by atoms with Crippen LogP contribution in [-0.2, 0) is 4.79 Å². The van der Waals surface area contributed by atoms with Gasteiger partial charge in [-0.3, -0.25) is 0 Å². The number of nitrogens with zero attached hydrogens (tertiary/aromatic N) is 1. The second-order valence-electron chi connectivity index (χ2n) is 6.70. The van der Waals surface area contributed by atoms with Crippen LogP contribution >= 0.6 is 0 Å². The summed E-state index contributed by atoms with van der Waals surface area (Å²) >= 11 is 0. The van der Waals surface area contributed by atoms with Gasteiger partial charge in [0.05, 0.1) is 5.41 Å². The molecule has 1 heterocycles. The molecule has 0 unspecified atom stereocenters. The molecule has 114 valence electrons. The minimum Gasteiger partial charge on any atom is -0.492 e. The van der Waals surface area contributed by atoms with Crippen LogP contribution in [0.4, 0.5) is 0 Å². The van der Waals surface area contributed by atoms with Crippen molar-refractivity contribution in [2.75, 3.05) is 0 Å². The lowest BCUT2D eigenvalue weighted by atomic mass is 9.73. The summed E-state index contributed by atoms with van der Waals surface area (Å²) in [5.74, 6) is -1.09. The molecule has 20 heavy (non-hydrogen) atoms. The molecule has 0 fully saturated rings. The molecule has 0 aliphatic rings. The standard InChI is InChI=1S/C15H25NO4/c1-6-9-14(2,3)10-15(4,5)13(19)20-16-11(17)7-8-12(16)18/h7-8,17-18H,6,9-10H2,1-5H3. The lowest BCUT2D eigenvalue weighted by Crippen LogP contribution is -2.37. The van der Waals surface area contributed by atoms with Gasteiger partial charge in [-0.15, -0.1) is 4.73 Å². The maximum Gasteiger partial charge on any atom is 0.338 e. The van der Waals surface area contributed by atoms with E-state index in [0.29, 0.717) is 6.42 Å². The van der Waals surface area contributed by atoms with E-state index in [1.165, 1.54) is 12.1 Å². The highest BCUT2D eigenvalue weighted by Gasteiger charge is 2.36. The Morgan fingerprint density at radius 3 is 2.15 bits per heavy atom. The maximum absolute atomic E-state index is 12.3. The molecule has 1 aromatic heterocycles. The number of aromatic hydroxyl groups is 2. The van der Waals surface area contributed by atoms with Crippen LogP contribution in [0.1, 0.15) is 53.9 Å². The normalized spacial score (nSPS) is 12.4. The molecule has 0 radical (unpaired) electrons. The lowest BCUT2D eigenvalue weighted by Gasteiger charge is -2.33. The molecular formula is C15H25NO4. The molecular weight excluding hydrogens is 258 g/mol. The van der Waals surface area contributed by atoms with E-state index in [-0.39, 0.29) is 17.2 Å². The molecule has 0 spiro atoms. The summed E-state index contributed by atoms with van der Waals surface area (Å²) in [5, 5.41) is 19.0. The molecule has 0 saturated heterocycles. The highest BCUT2D eigenvalue weighted by molar-refractivity contribution is 5.76. The van der Waals surface area contributed by atoms with E-state index < -0.39 is 11.4 Å². The Hall–Kier alpha value is -1.65. The third kappa shape index (κ3) is 3.92. The summed E-state index contributed by atoms with van der Waals surface area (Å²) in [7, 11) is 0. The second kappa shape index (κ2) is 5.77. The summed E-state index contributed by atoms with van der Waals surface area (Å²) in [6.45, 7) is 9.98. The first-order valence-corrected chi connectivity index (χ1v) is 6.91. The Morgan fingerprint density at radius 1 is 1.20 bits per heavy atom. The van der Waals surface area contributed by atoms with Gasteiger partial charge in [-0.1, -0.05) is 27.2 Å². The first-order valence-electron chi connectivity index (χ1n) is 6.91. The fraction of sp³-hybridized carbons (Fsp3) is 0.667. The molecule has 0 saturated carbocycles. The Balaban J connectivity index is 2.80. The van der Waals surface area contributed by atoms with E-state index in [2.05, 4.69) is 20.8 Å². The van der Waals surface area contributed by atoms with Gasteiger partial charge in [0, 0.05) is 12.1 Å². The molecule has 0 aliphatic heterocycles. The highest BCUT2D eigenvalue weighted by Crippen LogP contribution is 2.37. The lowest BCUT2D eigenvalue weighted by molar-refractivity contribution is -0.157. The van der Waals surface area contributed by atoms with Gasteiger partial charge in [0.15, 0.2) is 0 Å². The SMILES string of the molecule is CCCC(C)(C)CC(C)(C)C(=O)On1c(O)ccc1O. The monoisotopic (exact) mass is 283 g/mol. The first kappa shape index (κ1) is 16.4. The predicted molar refractivity (Wildman–Crippen MR) is 76.4 cm³/mol. The van der Waals surface area contributed by atoms with Crippen molar-refractivity contribution in [3.05, 3.63) is 12.1 Å². The molecule has 1 rings (SSSR count). The van der Waals surface area contributed by atoms with Crippen molar-refractivity contribution in [2.45, 2.75) is 53.9 Å². The van der Waals surface area contributed by atoms with Crippen LogP contribution in [0, 0.1) is 10.8 Å². The number of rotatable bonds is 6. The van der Waals surface area contributed by atoms with Crippen LogP contribution in [-0.4, -0.2) is 20.9 Å². The van der Waals surface area contributed by atoms with E-state index in [0.717, 1.165) is 17.6 Å². The smallest absolute Gasteiger partial charge is 0.338 e.